The Labute approximate surface area is 295 Å². The molecule has 0 aliphatic rings. The number of anilines is 3. The van der Waals surface area contributed by atoms with Gasteiger partial charge in [-0.1, -0.05) is 6.07 Å². The first-order valence-corrected chi connectivity index (χ1v) is 14.3. The molecule has 0 radical (unpaired) electrons. The van der Waals surface area contributed by atoms with E-state index in [9.17, 15) is 29.3 Å². The lowest BCUT2D eigenvalue weighted by atomic mass is 10.2. The fourth-order valence-electron chi connectivity index (χ4n) is 5.06. The third kappa shape index (κ3) is 8.05. The van der Waals surface area contributed by atoms with Gasteiger partial charge in [0, 0.05) is 63.5 Å². The van der Waals surface area contributed by atoms with E-state index in [4.69, 9.17) is 15.6 Å². The molecule has 20 heteroatoms. The van der Waals surface area contributed by atoms with E-state index in [-0.39, 0.29) is 94.7 Å². The highest BCUT2D eigenvalue weighted by Gasteiger charge is 2.24. The number of aromatic nitrogens is 3. The molecule has 264 valence electrons. The third-order valence-corrected chi connectivity index (χ3v) is 7.30. The minimum Gasteiger partial charge on any atom is -0.451 e. The Morgan fingerprint density at radius 2 is 1.62 bits per heavy atom. The van der Waals surface area contributed by atoms with Crippen LogP contribution in [0.15, 0.2) is 59.4 Å². The maximum absolute atomic E-state index is 13.3. The number of nitrogens with zero attached hydrogens (tertiary/aromatic N) is 3. The molecule has 0 fully saturated rings. The van der Waals surface area contributed by atoms with Crippen LogP contribution in [0.5, 0.6) is 0 Å². The first kappa shape index (κ1) is 38.2. The van der Waals surface area contributed by atoms with Crippen molar-refractivity contribution >= 4 is 88.1 Å². The first-order valence-electron chi connectivity index (χ1n) is 14.3. The van der Waals surface area contributed by atoms with E-state index in [1.807, 2.05) is 0 Å². The normalized spacial score (nSPS) is 10.4. The van der Waals surface area contributed by atoms with Gasteiger partial charge in [-0.25, -0.2) is 0 Å². The molecule has 0 saturated heterocycles. The van der Waals surface area contributed by atoms with Crippen molar-refractivity contribution in [3.05, 3.63) is 93.5 Å². The fourth-order valence-corrected chi connectivity index (χ4v) is 5.06. The number of nitrogens with one attached hydrogen (secondary N) is 7. The number of halogens is 2. The van der Waals surface area contributed by atoms with Crippen LogP contribution in [0.2, 0.25) is 0 Å². The van der Waals surface area contributed by atoms with Crippen LogP contribution in [-0.4, -0.2) is 61.7 Å². The zero-order valence-corrected chi connectivity index (χ0v) is 28.3. The second-order valence-electron chi connectivity index (χ2n) is 10.6. The number of nitro benzene ring substituents is 1. The van der Waals surface area contributed by atoms with Crippen molar-refractivity contribution in [2.45, 2.75) is 6.92 Å². The lowest BCUT2D eigenvalue weighted by molar-refractivity contribution is -0.383. The van der Waals surface area contributed by atoms with Crippen LogP contribution in [0.3, 0.4) is 0 Å². The van der Waals surface area contributed by atoms with Gasteiger partial charge in [-0.15, -0.1) is 24.8 Å². The number of aryl methyl sites for hydroxylation is 2. The largest absolute Gasteiger partial charge is 0.451 e. The molecule has 1 aromatic carbocycles. The van der Waals surface area contributed by atoms with E-state index in [1.54, 1.807) is 27.2 Å². The molecule has 4 heterocycles. The monoisotopic (exact) mass is 729 g/mol. The van der Waals surface area contributed by atoms with E-state index in [2.05, 4.69) is 31.6 Å². The Kier molecular flexibility index (Phi) is 12.0. The van der Waals surface area contributed by atoms with E-state index < -0.39 is 28.6 Å². The highest BCUT2D eigenvalue weighted by Crippen LogP contribution is 2.29. The predicted octanol–water partition coefficient (Wildman–Crippen LogP) is 3.47. The van der Waals surface area contributed by atoms with Gasteiger partial charge in [0.25, 0.3) is 29.3 Å². The van der Waals surface area contributed by atoms with Gasteiger partial charge in [0.1, 0.15) is 22.7 Å². The molecule has 50 heavy (non-hydrogen) atoms. The lowest BCUT2D eigenvalue weighted by Crippen LogP contribution is -2.38. The second-order valence-corrected chi connectivity index (χ2v) is 10.6. The van der Waals surface area contributed by atoms with Gasteiger partial charge in [-0.05, 0) is 25.1 Å². The highest BCUT2D eigenvalue weighted by atomic mass is 35.5. The number of hydrogen-bond acceptors (Lipinski definition) is 8. The summed E-state index contributed by atoms with van der Waals surface area (Å²) >= 11 is 0. The number of nitrogens with two attached hydrogens (primary N) is 1. The smallest absolute Gasteiger partial charge is 0.291 e. The predicted molar refractivity (Wildman–Crippen MR) is 190 cm³/mol. The van der Waals surface area contributed by atoms with Crippen molar-refractivity contribution < 1.29 is 28.5 Å². The Morgan fingerprint density at radius 3 is 2.32 bits per heavy atom. The van der Waals surface area contributed by atoms with Crippen LogP contribution in [0.1, 0.15) is 47.6 Å². The van der Waals surface area contributed by atoms with Crippen LogP contribution < -0.4 is 32.3 Å². The topological polar surface area (TPSA) is 260 Å². The summed E-state index contributed by atoms with van der Waals surface area (Å²) in [5.74, 6) is -2.56. The number of hydrogen-bond donors (Lipinski definition) is 8. The molecule has 0 aliphatic heterocycles. The van der Waals surface area contributed by atoms with Crippen molar-refractivity contribution in [3.63, 3.8) is 0 Å². The average molecular weight is 731 g/mol. The van der Waals surface area contributed by atoms with Crippen molar-refractivity contribution in [3.8, 4) is 0 Å². The maximum atomic E-state index is 13.3. The molecule has 0 unspecified atom stereocenters. The number of benzene rings is 1. The van der Waals surface area contributed by atoms with Crippen molar-refractivity contribution in [2.24, 2.45) is 19.8 Å². The minimum absolute atomic E-state index is 0. The summed E-state index contributed by atoms with van der Waals surface area (Å²) in [7, 11) is 3.24. The number of carbonyl (C=O) groups is 4. The highest BCUT2D eigenvalue weighted by molar-refractivity contribution is 6.11. The van der Waals surface area contributed by atoms with Crippen molar-refractivity contribution in [1.29, 1.82) is 5.41 Å². The Hall–Kier alpha value is -6.27. The summed E-state index contributed by atoms with van der Waals surface area (Å²) in [6.07, 6.45) is 4.58. The fraction of sp³-hybridized carbons (Fsp3) is 0.167. The summed E-state index contributed by atoms with van der Waals surface area (Å²) in [6, 6.07) is 8.54. The number of carbonyl (C=O) groups excluding carboxylic acids is 4. The molecule has 4 aromatic heterocycles. The molecule has 0 spiro atoms. The molecule has 5 aromatic rings. The number of fused-ring (bicyclic) bond motifs is 1. The summed E-state index contributed by atoms with van der Waals surface area (Å²) in [4.78, 5) is 65.6. The van der Waals surface area contributed by atoms with Crippen LogP contribution in [0.25, 0.3) is 11.0 Å². The number of furan rings is 1. The molecule has 0 aliphatic carbocycles. The molecule has 9 N–H and O–H groups in total. The number of H-pyrrole nitrogens is 1. The quantitative estimate of drug-likeness (QED) is 0.0325. The van der Waals surface area contributed by atoms with E-state index in [0.717, 1.165) is 0 Å². The van der Waals surface area contributed by atoms with E-state index in [1.165, 1.54) is 57.9 Å². The standard InChI is InChI=1S/C30H31N11O7.2ClH/c1-15-19(14-40(3)25(15)29(45)37-18-7-8-33-24(18)28(44)34-9-10-35-30(31)32)38-26(42)21-11-16(13-39(21)2)36-27(43)23-12-17-20(41(46)47)5-4-6-22(17)48-23;;/h4-8,11-14,33H,9-10H2,1-3H3,(H,34,44)(H,36,43)(H,37,45)(H,38,42)(H4,31,32,35);2*1H. The number of aromatic amines is 1. The summed E-state index contributed by atoms with van der Waals surface area (Å²) in [5.41, 5.74) is 7.08. The third-order valence-electron chi connectivity index (χ3n) is 7.30. The maximum Gasteiger partial charge on any atom is 0.291 e. The van der Waals surface area contributed by atoms with Crippen LogP contribution in [0.4, 0.5) is 22.7 Å². The summed E-state index contributed by atoms with van der Waals surface area (Å²) < 4.78 is 8.54. The Morgan fingerprint density at radius 1 is 0.920 bits per heavy atom. The molecule has 4 amide bonds. The van der Waals surface area contributed by atoms with Gasteiger partial charge in [0.05, 0.1) is 27.4 Å². The summed E-state index contributed by atoms with van der Waals surface area (Å²) in [5, 5.41) is 32.0. The zero-order chi connectivity index (χ0) is 34.7. The van der Waals surface area contributed by atoms with Crippen LogP contribution in [-0.2, 0) is 14.1 Å². The molecule has 18 nitrogen and oxygen atoms in total. The van der Waals surface area contributed by atoms with Crippen molar-refractivity contribution in [1.82, 2.24) is 24.8 Å². The molecular weight excluding hydrogens is 697 g/mol. The van der Waals surface area contributed by atoms with Gasteiger partial charge in [-0.3, -0.25) is 34.7 Å². The van der Waals surface area contributed by atoms with Gasteiger partial charge < -0.3 is 50.9 Å². The van der Waals surface area contributed by atoms with E-state index in [0.29, 0.717) is 11.3 Å². The first-order chi connectivity index (χ1) is 22.8. The number of amides is 4. The molecule has 0 atom stereocenters. The molecule has 0 bridgehead atoms. The second kappa shape index (κ2) is 15.8. The Bertz CT molecular complexity index is 2110. The average Bonchev–Trinajstić information content (AvgIpc) is 3.80. The molecule has 0 saturated carbocycles. The van der Waals surface area contributed by atoms with Crippen LogP contribution >= 0.6 is 24.8 Å². The number of non-ortho nitro benzene ring substituents is 1. The summed E-state index contributed by atoms with van der Waals surface area (Å²) in [6.45, 7) is 2.09. The minimum atomic E-state index is -0.666. The van der Waals surface area contributed by atoms with Crippen molar-refractivity contribution in [2.75, 3.05) is 29.0 Å². The number of guanidine groups is 1. The lowest BCUT2D eigenvalue weighted by Gasteiger charge is -2.10. The number of rotatable bonds is 11. The molecule has 5 rings (SSSR count). The SMILES string of the molecule is Cc1c(NC(=O)c2cc(NC(=O)c3cc4c([N+](=O)[O-])cccc4o3)cn2C)cn(C)c1C(=O)Nc1cc[nH]c1C(=O)NCCNC(=N)N.Cl.Cl. The van der Waals surface area contributed by atoms with Gasteiger partial charge >= 0.3 is 0 Å². The van der Waals surface area contributed by atoms with Gasteiger partial charge in [0.2, 0.25) is 0 Å². The zero-order valence-electron chi connectivity index (χ0n) is 26.7. The number of nitro groups is 1. The van der Waals surface area contributed by atoms with E-state index >= 15 is 0 Å². The Balaban J connectivity index is 0.00000338. The van der Waals surface area contributed by atoms with Gasteiger partial charge in [0.15, 0.2) is 11.7 Å². The van der Waals surface area contributed by atoms with Gasteiger partial charge in [-0.2, -0.15) is 0 Å². The molecular formula is C30H33Cl2N11O7. The van der Waals surface area contributed by atoms with Crippen LogP contribution in [0, 0.1) is 22.4 Å².